The first kappa shape index (κ1) is 14.4. The third-order valence-electron chi connectivity index (χ3n) is 2.11. The number of hydrogen-bond acceptors (Lipinski definition) is 2. The molecule has 0 heterocycles. The van der Waals surface area contributed by atoms with Gasteiger partial charge in [-0.25, -0.2) is 0 Å². The van der Waals surface area contributed by atoms with Crippen molar-refractivity contribution in [3.05, 3.63) is 30.3 Å². The van der Waals surface area contributed by atoms with Crippen LogP contribution in [0.3, 0.4) is 0 Å². The van der Waals surface area contributed by atoms with E-state index < -0.39 is 9.28 Å². The minimum absolute atomic E-state index is 0.543. The van der Waals surface area contributed by atoms with Gasteiger partial charge in [-0.15, -0.1) is 0 Å². The average Bonchev–Trinajstić information content (AvgIpc) is 2.29. The Balaban J connectivity index is 2.58. The molecule has 0 aliphatic carbocycles. The summed E-state index contributed by atoms with van der Waals surface area (Å²) in [5, 5.41) is 1.19. The van der Waals surface area contributed by atoms with E-state index in [1.54, 1.807) is 0 Å². The molecule has 1 rings (SSSR count). The van der Waals surface area contributed by atoms with Gasteiger partial charge in [-0.1, -0.05) is 58.0 Å². The Morgan fingerprint density at radius 3 is 1.76 bits per heavy atom. The summed E-state index contributed by atoms with van der Waals surface area (Å²) in [6, 6.07) is 10.3. The highest BCUT2D eigenvalue weighted by Crippen LogP contribution is 2.01. The van der Waals surface area contributed by atoms with Gasteiger partial charge in [-0.2, -0.15) is 0 Å². The van der Waals surface area contributed by atoms with E-state index in [1.807, 2.05) is 18.2 Å². The molecule has 0 aliphatic heterocycles. The summed E-state index contributed by atoms with van der Waals surface area (Å²) in [6.07, 6.45) is 0. The molecule has 0 unspecified atom stereocenters. The van der Waals surface area contributed by atoms with Gasteiger partial charge in [0.15, 0.2) is 0 Å². The second-order valence-electron chi connectivity index (χ2n) is 5.06. The van der Waals surface area contributed by atoms with Gasteiger partial charge >= 0.3 is 9.28 Å². The van der Waals surface area contributed by atoms with Crippen molar-refractivity contribution in [3.8, 4) is 0 Å². The molecule has 1 aromatic rings. The molecule has 0 spiro atoms. The standard InChI is InChI=1S/C14H23O2Si/c1-12(2)10-15-17(16-11-13(3)4)14-8-6-5-7-9-14/h5-9,12-13H,10-11H2,1-4H3. The van der Waals surface area contributed by atoms with Gasteiger partial charge in [-0.05, 0) is 17.0 Å². The van der Waals surface area contributed by atoms with Crippen LogP contribution >= 0.6 is 0 Å². The maximum Gasteiger partial charge on any atom is 0.423 e. The molecule has 0 fully saturated rings. The normalized spacial score (nSPS) is 11.7. The maximum atomic E-state index is 5.92. The fraction of sp³-hybridized carbons (Fsp3) is 0.571. The lowest BCUT2D eigenvalue weighted by atomic mass is 10.2. The van der Waals surface area contributed by atoms with Crippen LogP contribution in [0.5, 0.6) is 0 Å². The molecule has 3 heteroatoms. The Labute approximate surface area is 107 Å². The Kier molecular flexibility index (Phi) is 6.48. The van der Waals surface area contributed by atoms with Gasteiger partial charge in [0, 0.05) is 13.2 Å². The zero-order chi connectivity index (χ0) is 12.7. The third-order valence-corrected chi connectivity index (χ3v) is 3.77. The van der Waals surface area contributed by atoms with Crippen LogP contribution in [0.4, 0.5) is 0 Å². The topological polar surface area (TPSA) is 18.5 Å². The van der Waals surface area contributed by atoms with Crippen molar-refractivity contribution in [3.63, 3.8) is 0 Å². The van der Waals surface area contributed by atoms with Gasteiger partial charge in [0.1, 0.15) is 0 Å². The third kappa shape index (κ3) is 6.01. The highest BCUT2D eigenvalue weighted by atomic mass is 28.3. The summed E-state index contributed by atoms with van der Waals surface area (Å²) in [6.45, 7) is 10.2. The van der Waals surface area contributed by atoms with Crippen molar-refractivity contribution in [2.45, 2.75) is 27.7 Å². The summed E-state index contributed by atoms with van der Waals surface area (Å²) in [5.74, 6) is 1.09. The largest absolute Gasteiger partial charge is 0.423 e. The van der Waals surface area contributed by atoms with Crippen molar-refractivity contribution >= 4 is 14.5 Å². The van der Waals surface area contributed by atoms with E-state index in [-0.39, 0.29) is 0 Å². The van der Waals surface area contributed by atoms with Crippen molar-refractivity contribution in [2.75, 3.05) is 13.2 Å². The lowest BCUT2D eigenvalue weighted by molar-refractivity contribution is 0.173. The van der Waals surface area contributed by atoms with Crippen LogP contribution in [0.25, 0.3) is 0 Å². The summed E-state index contributed by atoms with van der Waals surface area (Å²) in [4.78, 5) is 0. The highest BCUT2D eigenvalue weighted by molar-refractivity contribution is 6.61. The first-order chi connectivity index (χ1) is 8.09. The lowest BCUT2D eigenvalue weighted by Gasteiger charge is -2.18. The molecule has 2 nitrogen and oxygen atoms in total. The zero-order valence-corrected chi connectivity index (χ0v) is 12.3. The quantitative estimate of drug-likeness (QED) is 0.694. The fourth-order valence-corrected chi connectivity index (χ4v) is 3.12. The van der Waals surface area contributed by atoms with Gasteiger partial charge in [0.25, 0.3) is 0 Å². The second kappa shape index (κ2) is 7.64. The molecule has 0 amide bonds. The zero-order valence-electron chi connectivity index (χ0n) is 11.3. The van der Waals surface area contributed by atoms with Gasteiger partial charge in [-0.3, -0.25) is 0 Å². The molecule has 0 aliphatic rings. The van der Waals surface area contributed by atoms with Crippen molar-refractivity contribution in [1.82, 2.24) is 0 Å². The number of rotatable bonds is 7. The SMILES string of the molecule is CC(C)CO[Si](OCC(C)C)c1ccccc1. The predicted octanol–water partition coefficient (Wildman–Crippen LogP) is 2.73. The molecule has 0 saturated carbocycles. The molecule has 95 valence electrons. The molecule has 0 atom stereocenters. The van der Waals surface area contributed by atoms with E-state index in [0.717, 1.165) is 13.2 Å². The summed E-state index contributed by atoms with van der Waals surface area (Å²) in [5.41, 5.74) is 0. The van der Waals surface area contributed by atoms with Gasteiger partial charge in [0.2, 0.25) is 0 Å². The van der Waals surface area contributed by atoms with Crippen LogP contribution in [0.2, 0.25) is 0 Å². The van der Waals surface area contributed by atoms with Crippen LogP contribution < -0.4 is 5.19 Å². The molecular weight excluding hydrogens is 228 g/mol. The average molecular weight is 251 g/mol. The van der Waals surface area contributed by atoms with E-state index in [9.17, 15) is 0 Å². The van der Waals surface area contributed by atoms with E-state index in [4.69, 9.17) is 8.85 Å². The van der Waals surface area contributed by atoms with E-state index >= 15 is 0 Å². The van der Waals surface area contributed by atoms with Gasteiger partial charge < -0.3 is 8.85 Å². The molecule has 0 N–H and O–H groups in total. The van der Waals surface area contributed by atoms with Crippen LogP contribution in [0, 0.1) is 11.8 Å². The Bertz CT molecular complexity index is 286. The maximum absolute atomic E-state index is 5.92. The monoisotopic (exact) mass is 251 g/mol. The Hall–Kier alpha value is -0.643. The Morgan fingerprint density at radius 1 is 0.882 bits per heavy atom. The predicted molar refractivity (Wildman–Crippen MR) is 73.4 cm³/mol. The molecule has 17 heavy (non-hydrogen) atoms. The molecule has 0 saturated heterocycles. The highest BCUT2D eigenvalue weighted by Gasteiger charge is 2.19. The molecule has 1 aromatic carbocycles. The van der Waals surface area contributed by atoms with Crippen LogP contribution in [0.15, 0.2) is 30.3 Å². The molecule has 0 bridgehead atoms. The smallest absolute Gasteiger partial charge is 0.390 e. The van der Waals surface area contributed by atoms with E-state index in [2.05, 4.69) is 39.8 Å². The van der Waals surface area contributed by atoms with E-state index in [0.29, 0.717) is 11.8 Å². The molecular formula is C14H23O2Si. The fourth-order valence-electron chi connectivity index (χ4n) is 1.27. The minimum atomic E-state index is -1.31. The van der Waals surface area contributed by atoms with Gasteiger partial charge in [0.05, 0.1) is 0 Å². The second-order valence-corrected chi connectivity index (χ2v) is 6.79. The van der Waals surface area contributed by atoms with Crippen molar-refractivity contribution < 1.29 is 8.85 Å². The Morgan fingerprint density at radius 2 is 1.35 bits per heavy atom. The van der Waals surface area contributed by atoms with Crippen molar-refractivity contribution in [1.29, 1.82) is 0 Å². The number of hydrogen-bond donors (Lipinski definition) is 0. The van der Waals surface area contributed by atoms with E-state index in [1.165, 1.54) is 5.19 Å². The number of benzene rings is 1. The summed E-state index contributed by atoms with van der Waals surface area (Å²) < 4.78 is 11.8. The molecule has 0 aromatic heterocycles. The van der Waals surface area contributed by atoms with Crippen molar-refractivity contribution in [2.24, 2.45) is 11.8 Å². The first-order valence-electron chi connectivity index (χ1n) is 6.27. The molecule has 1 radical (unpaired) electrons. The first-order valence-corrected chi connectivity index (χ1v) is 7.59. The summed E-state index contributed by atoms with van der Waals surface area (Å²) >= 11 is 0. The minimum Gasteiger partial charge on any atom is -0.390 e. The van der Waals surface area contributed by atoms with Crippen LogP contribution in [0.1, 0.15) is 27.7 Å². The summed E-state index contributed by atoms with van der Waals surface area (Å²) in [7, 11) is -1.31. The van der Waals surface area contributed by atoms with Crippen LogP contribution in [-0.4, -0.2) is 22.5 Å². The lowest BCUT2D eigenvalue weighted by Crippen LogP contribution is -2.38. The van der Waals surface area contributed by atoms with Crippen LogP contribution in [-0.2, 0) is 8.85 Å².